The Bertz CT molecular complexity index is 518. The van der Waals surface area contributed by atoms with Crippen LogP contribution in [0, 0.1) is 5.92 Å². The quantitative estimate of drug-likeness (QED) is 0.446. The predicted molar refractivity (Wildman–Crippen MR) is 110 cm³/mol. The minimum absolute atomic E-state index is 0.225. The normalized spacial score (nSPS) is 13.2. The Balaban J connectivity index is 0.000000660. The first-order valence-electron chi connectivity index (χ1n) is 9.52. The van der Waals surface area contributed by atoms with Crippen molar-refractivity contribution in [2.24, 2.45) is 5.92 Å². The van der Waals surface area contributed by atoms with Crippen molar-refractivity contribution >= 4 is 23.4 Å². The SMILES string of the molecule is CC(=O)OC(C)(C)C.CCCCC(CC(C)CC)Nc1ccnc(Cl)n1. The summed E-state index contributed by atoms with van der Waals surface area (Å²) in [6.07, 6.45) is 7.74. The number of esters is 1. The molecule has 0 radical (unpaired) electrons. The minimum atomic E-state index is -0.328. The average Bonchev–Trinajstić information content (AvgIpc) is 2.50. The molecule has 0 saturated heterocycles. The Hall–Kier alpha value is -1.36. The van der Waals surface area contributed by atoms with Gasteiger partial charge in [-0.25, -0.2) is 9.97 Å². The van der Waals surface area contributed by atoms with Crippen LogP contribution < -0.4 is 5.32 Å². The van der Waals surface area contributed by atoms with E-state index >= 15 is 0 Å². The van der Waals surface area contributed by atoms with Gasteiger partial charge >= 0.3 is 5.97 Å². The van der Waals surface area contributed by atoms with Gasteiger partial charge in [-0.05, 0) is 57.2 Å². The molecule has 1 rings (SSSR count). The van der Waals surface area contributed by atoms with Crippen LogP contribution in [-0.4, -0.2) is 27.6 Å². The van der Waals surface area contributed by atoms with E-state index in [4.69, 9.17) is 16.3 Å². The van der Waals surface area contributed by atoms with Gasteiger partial charge in [0, 0.05) is 19.2 Å². The number of anilines is 1. The molecular formula is C20H36ClN3O2. The molecule has 1 aromatic heterocycles. The summed E-state index contributed by atoms with van der Waals surface area (Å²) in [5.74, 6) is 1.34. The number of carbonyl (C=O) groups is 1. The predicted octanol–water partition coefficient (Wildman–Crippen LogP) is 5.88. The van der Waals surface area contributed by atoms with E-state index < -0.39 is 0 Å². The van der Waals surface area contributed by atoms with E-state index in [9.17, 15) is 4.79 Å². The van der Waals surface area contributed by atoms with Crippen molar-refractivity contribution in [3.05, 3.63) is 17.5 Å². The van der Waals surface area contributed by atoms with Gasteiger partial charge in [0.05, 0.1) is 0 Å². The number of hydrogen-bond acceptors (Lipinski definition) is 5. The van der Waals surface area contributed by atoms with Crippen LogP contribution in [0.2, 0.25) is 5.28 Å². The molecule has 0 spiro atoms. The zero-order chi connectivity index (χ0) is 20.2. The van der Waals surface area contributed by atoms with Gasteiger partial charge in [-0.2, -0.15) is 0 Å². The third-order valence-corrected chi connectivity index (χ3v) is 3.90. The topological polar surface area (TPSA) is 64.1 Å². The fourth-order valence-electron chi connectivity index (χ4n) is 2.41. The molecule has 0 amide bonds. The first-order chi connectivity index (χ1) is 12.1. The van der Waals surface area contributed by atoms with E-state index in [2.05, 4.69) is 36.1 Å². The highest BCUT2D eigenvalue weighted by Crippen LogP contribution is 2.18. The highest BCUT2D eigenvalue weighted by atomic mass is 35.5. The molecule has 2 unspecified atom stereocenters. The number of nitrogens with zero attached hydrogens (tertiary/aromatic N) is 2. The fourth-order valence-corrected chi connectivity index (χ4v) is 2.55. The molecule has 6 heteroatoms. The summed E-state index contributed by atoms with van der Waals surface area (Å²) >= 11 is 5.80. The zero-order valence-corrected chi connectivity index (χ0v) is 18.2. The third kappa shape index (κ3) is 13.9. The molecule has 1 heterocycles. The summed E-state index contributed by atoms with van der Waals surface area (Å²) in [7, 11) is 0. The monoisotopic (exact) mass is 385 g/mol. The maximum Gasteiger partial charge on any atom is 0.303 e. The summed E-state index contributed by atoms with van der Waals surface area (Å²) in [6, 6.07) is 2.35. The van der Waals surface area contributed by atoms with Gasteiger partial charge in [0.25, 0.3) is 0 Å². The van der Waals surface area contributed by atoms with Gasteiger partial charge < -0.3 is 10.1 Å². The van der Waals surface area contributed by atoms with Crippen molar-refractivity contribution < 1.29 is 9.53 Å². The Labute approximate surface area is 164 Å². The lowest BCUT2D eigenvalue weighted by Gasteiger charge is -2.22. The molecule has 1 N–H and O–H groups in total. The molecule has 0 aromatic carbocycles. The van der Waals surface area contributed by atoms with Gasteiger partial charge in [-0.3, -0.25) is 4.79 Å². The van der Waals surface area contributed by atoms with Crippen LogP contribution in [0.25, 0.3) is 0 Å². The van der Waals surface area contributed by atoms with E-state index in [0.717, 1.165) is 11.7 Å². The molecule has 0 aliphatic rings. The van der Waals surface area contributed by atoms with E-state index in [1.165, 1.54) is 39.0 Å². The van der Waals surface area contributed by atoms with Crippen LogP contribution in [0.4, 0.5) is 5.82 Å². The van der Waals surface area contributed by atoms with Gasteiger partial charge in [-0.15, -0.1) is 0 Å². The molecule has 0 aliphatic carbocycles. The summed E-state index contributed by atoms with van der Waals surface area (Å²) in [4.78, 5) is 18.3. The van der Waals surface area contributed by atoms with Crippen molar-refractivity contribution in [2.45, 2.75) is 92.2 Å². The first-order valence-corrected chi connectivity index (χ1v) is 9.89. The molecule has 0 fully saturated rings. The zero-order valence-electron chi connectivity index (χ0n) is 17.4. The van der Waals surface area contributed by atoms with Crippen LogP contribution in [0.1, 0.15) is 80.6 Å². The fraction of sp³-hybridized carbons (Fsp3) is 0.750. The minimum Gasteiger partial charge on any atom is -0.460 e. The van der Waals surface area contributed by atoms with E-state index in [0.29, 0.717) is 11.3 Å². The van der Waals surface area contributed by atoms with Crippen LogP contribution in [0.5, 0.6) is 0 Å². The molecule has 1 aromatic rings. The Kier molecular flexibility index (Phi) is 12.2. The molecule has 0 bridgehead atoms. The van der Waals surface area contributed by atoms with E-state index in [1.807, 2.05) is 26.8 Å². The molecule has 2 atom stereocenters. The lowest BCUT2D eigenvalue weighted by atomic mass is 9.96. The van der Waals surface area contributed by atoms with Crippen LogP contribution in [-0.2, 0) is 9.53 Å². The number of rotatable bonds is 8. The maximum atomic E-state index is 10.2. The van der Waals surface area contributed by atoms with Crippen LogP contribution in [0.3, 0.4) is 0 Å². The van der Waals surface area contributed by atoms with E-state index in [-0.39, 0.29) is 11.6 Å². The largest absolute Gasteiger partial charge is 0.460 e. The maximum absolute atomic E-state index is 10.2. The van der Waals surface area contributed by atoms with Crippen LogP contribution >= 0.6 is 11.6 Å². The Morgan fingerprint density at radius 1 is 1.35 bits per heavy atom. The number of unbranched alkanes of at least 4 members (excludes halogenated alkanes) is 1. The summed E-state index contributed by atoms with van der Waals surface area (Å²) in [5, 5.41) is 3.79. The summed E-state index contributed by atoms with van der Waals surface area (Å²) < 4.78 is 4.80. The second-order valence-corrected chi connectivity index (χ2v) is 7.99. The van der Waals surface area contributed by atoms with Crippen molar-refractivity contribution in [2.75, 3.05) is 5.32 Å². The standard InChI is InChI=1S/C14H24ClN3.C6H12O2/c1-4-6-7-12(10-11(3)5-2)17-13-8-9-16-14(15)18-13;1-5(7)8-6(2,3)4/h8-9,11-12H,4-7,10H2,1-3H3,(H,16,17,18);1-4H3. The average molecular weight is 386 g/mol. The molecule has 5 nitrogen and oxygen atoms in total. The number of halogens is 1. The van der Waals surface area contributed by atoms with Crippen molar-refractivity contribution in [3.63, 3.8) is 0 Å². The third-order valence-electron chi connectivity index (χ3n) is 3.72. The van der Waals surface area contributed by atoms with Crippen molar-refractivity contribution in [1.29, 1.82) is 0 Å². The van der Waals surface area contributed by atoms with Crippen molar-refractivity contribution in [3.8, 4) is 0 Å². The highest BCUT2D eigenvalue weighted by molar-refractivity contribution is 6.28. The van der Waals surface area contributed by atoms with Gasteiger partial charge in [0.15, 0.2) is 0 Å². The number of nitrogens with one attached hydrogen (secondary N) is 1. The molecule has 150 valence electrons. The summed E-state index contributed by atoms with van der Waals surface area (Å²) in [6.45, 7) is 13.7. The lowest BCUT2D eigenvalue weighted by molar-refractivity contribution is -0.151. The molecule has 0 saturated carbocycles. The highest BCUT2D eigenvalue weighted by Gasteiger charge is 2.13. The lowest BCUT2D eigenvalue weighted by Crippen LogP contribution is -2.22. The number of carbonyl (C=O) groups excluding carboxylic acids is 1. The van der Waals surface area contributed by atoms with Gasteiger partial charge in [-0.1, -0.05) is 40.0 Å². The van der Waals surface area contributed by atoms with Gasteiger partial charge in [0.2, 0.25) is 5.28 Å². The smallest absolute Gasteiger partial charge is 0.303 e. The van der Waals surface area contributed by atoms with Crippen LogP contribution in [0.15, 0.2) is 12.3 Å². The van der Waals surface area contributed by atoms with E-state index in [1.54, 1.807) is 6.20 Å². The Morgan fingerprint density at radius 3 is 2.42 bits per heavy atom. The first kappa shape index (κ1) is 24.6. The molecular weight excluding hydrogens is 350 g/mol. The molecule has 0 aliphatic heterocycles. The Morgan fingerprint density at radius 2 is 2.00 bits per heavy atom. The second kappa shape index (κ2) is 12.9. The number of ether oxygens (including phenoxy) is 1. The van der Waals surface area contributed by atoms with Gasteiger partial charge in [0.1, 0.15) is 11.4 Å². The number of aromatic nitrogens is 2. The number of hydrogen-bond donors (Lipinski definition) is 1. The summed E-state index contributed by atoms with van der Waals surface area (Å²) in [5.41, 5.74) is -0.328. The van der Waals surface area contributed by atoms with Crippen molar-refractivity contribution in [1.82, 2.24) is 9.97 Å². The molecule has 26 heavy (non-hydrogen) atoms. The second-order valence-electron chi connectivity index (χ2n) is 7.65.